The van der Waals surface area contributed by atoms with Gasteiger partial charge in [0, 0.05) is 0 Å². The van der Waals surface area contributed by atoms with E-state index in [1.807, 2.05) is 0 Å². The molecule has 0 aromatic rings. The van der Waals surface area contributed by atoms with Crippen molar-refractivity contribution in [3.63, 3.8) is 0 Å². The summed E-state index contributed by atoms with van der Waals surface area (Å²) < 4.78 is 0. The van der Waals surface area contributed by atoms with E-state index in [9.17, 15) is 0 Å². The van der Waals surface area contributed by atoms with Gasteiger partial charge in [0.05, 0.1) is 0 Å². The van der Waals surface area contributed by atoms with E-state index < -0.39 is 0 Å². The minimum atomic E-state index is 0. The summed E-state index contributed by atoms with van der Waals surface area (Å²) in [6.45, 7) is 4.70. The van der Waals surface area contributed by atoms with Crippen molar-refractivity contribution in [2.45, 2.75) is 33.1 Å². The molecule has 1 rings (SSSR count). The topological polar surface area (TPSA) is 0 Å². The molecule has 0 spiro atoms. The van der Waals surface area contributed by atoms with Crippen LogP contribution in [0.3, 0.4) is 0 Å². The van der Waals surface area contributed by atoms with Gasteiger partial charge in [-0.2, -0.15) is 13.5 Å². The fourth-order valence-electron chi connectivity index (χ4n) is 1.49. The Bertz CT molecular complexity index is 53.4. The molecular weight excluding hydrogens is 116 g/mol. The first kappa shape index (κ1) is 8.35. The standard InChI is InChI=1S/C7H14.H2S/c1-6-3-4-7(2)5-6;/h6-7H,3-5H2,1-2H3;1H2. The van der Waals surface area contributed by atoms with Crippen molar-refractivity contribution < 1.29 is 0 Å². The highest BCUT2D eigenvalue weighted by atomic mass is 32.1. The highest BCUT2D eigenvalue weighted by Crippen LogP contribution is 2.29. The molecular formula is C7H16S. The number of rotatable bonds is 0. The minimum absolute atomic E-state index is 0. The molecule has 0 bridgehead atoms. The van der Waals surface area contributed by atoms with E-state index >= 15 is 0 Å². The van der Waals surface area contributed by atoms with Crippen molar-refractivity contribution in [2.75, 3.05) is 0 Å². The van der Waals surface area contributed by atoms with Crippen molar-refractivity contribution in [1.29, 1.82) is 0 Å². The van der Waals surface area contributed by atoms with Gasteiger partial charge < -0.3 is 0 Å². The van der Waals surface area contributed by atoms with Gasteiger partial charge in [-0.25, -0.2) is 0 Å². The summed E-state index contributed by atoms with van der Waals surface area (Å²) in [4.78, 5) is 0. The molecule has 1 heteroatoms. The second-order valence-corrected chi connectivity index (χ2v) is 3.02. The lowest BCUT2D eigenvalue weighted by Crippen LogP contribution is -1.84. The summed E-state index contributed by atoms with van der Waals surface area (Å²) in [5, 5.41) is 0. The Labute approximate surface area is 59.1 Å². The number of hydrogen-bond donors (Lipinski definition) is 0. The summed E-state index contributed by atoms with van der Waals surface area (Å²) >= 11 is 0. The van der Waals surface area contributed by atoms with Gasteiger partial charge in [-0.3, -0.25) is 0 Å². The van der Waals surface area contributed by atoms with Gasteiger partial charge in [0.2, 0.25) is 0 Å². The van der Waals surface area contributed by atoms with Crippen LogP contribution in [0.5, 0.6) is 0 Å². The van der Waals surface area contributed by atoms with Gasteiger partial charge in [-0.15, -0.1) is 0 Å². The molecule has 1 fully saturated rings. The van der Waals surface area contributed by atoms with Crippen LogP contribution in [-0.4, -0.2) is 0 Å². The van der Waals surface area contributed by atoms with Crippen molar-refractivity contribution >= 4 is 13.5 Å². The molecule has 0 aliphatic heterocycles. The normalized spacial score (nSPS) is 36.8. The van der Waals surface area contributed by atoms with Crippen LogP contribution in [0.2, 0.25) is 0 Å². The van der Waals surface area contributed by atoms with Crippen molar-refractivity contribution in [3.05, 3.63) is 0 Å². The first-order valence-electron chi connectivity index (χ1n) is 3.29. The Hall–Kier alpha value is 0.350. The average molecular weight is 132 g/mol. The second-order valence-electron chi connectivity index (χ2n) is 3.02. The first-order valence-corrected chi connectivity index (χ1v) is 3.29. The molecule has 1 saturated carbocycles. The maximum Gasteiger partial charge on any atom is -0.0440 e. The van der Waals surface area contributed by atoms with Crippen LogP contribution in [0.4, 0.5) is 0 Å². The Morgan fingerprint density at radius 3 is 1.50 bits per heavy atom. The lowest BCUT2D eigenvalue weighted by Gasteiger charge is -1.96. The molecule has 8 heavy (non-hydrogen) atoms. The third-order valence-electron chi connectivity index (χ3n) is 1.96. The van der Waals surface area contributed by atoms with Crippen LogP contribution in [0.1, 0.15) is 33.1 Å². The average Bonchev–Trinajstić information content (AvgIpc) is 1.87. The van der Waals surface area contributed by atoms with E-state index in [0.717, 1.165) is 11.8 Å². The number of hydrogen-bond acceptors (Lipinski definition) is 0. The lowest BCUT2D eigenvalue weighted by atomic mass is 10.1. The molecule has 0 radical (unpaired) electrons. The van der Waals surface area contributed by atoms with E-state index in [1.165, 1.54) is 19.3 Å². The summed E-state index contributed by atoms with van der Waals surface area (Å²) in [5.74, 6) is 2.05. The Morgan fingerprint density at radius 2 is 1.38 bits per heavy atom. The van der Waals surface area contributed by atoms with Crippen molar-refractivity contribution in [1.82, 2.24) is 0 Å². The monoisotopic (exact) mass is 132 g/mol. The zero-order valence-electron chi connectivity index (χ0n) is 5.78. The molecule has 0 saturated heterocycles. The highest BCUT2D eigenvalue weighted by molar-refractivity contribution is 7.59. The van der Waals surface area contributed by atoms with E-state index in [1.54, 1.807) is 0 Å². The third kappa shape index (κ3) is 2.08. The summed E-state index contributed by atoms with van der Waals surface area (Å²) in [6.07, 6.45) is 4.42. The molecule has 0 N–H and O–H groups in total. The molecule has 1 aliphatic rings. The molecule has 50 valence electrons. The van der Waals surface area contributed by atoms with Crippen molar-refractivity contribution in [2.24, 2.45) is 11.8 Å². The van der Waals surface area contributed by atoms with Crippen LogP contribution < -0.4 is 0 Å². The van der Waals surface area contributed by atoms with Crippen LogP contribution in [0, 0.1) is 11.8 Å². The quantitative estimate of drug-likeness (QED) is 0.475. The van der Waals surface area contributed by atoms with Crippen molar-refractivity contribution in [3.8, 4) is 0 Å². The Balaban J connectivity index is 0.000000490. The highest BCUT2D eigenvalue weighted by Gasteiger charge is 2.15. The molecule has 1 aliphatic carbocycles. The predicted octanol–water partition coefficient (Wildman–Crippen LogP) is 2.56. The fraction of sp³-hybridized carbons (Fsp3) is 1.00. The smallest absolute Gasteiger partial charge is 0.0440 e. The van der Waals surface area contributed by atoms with E-state index in [4.69, 9.17) is 0 Å². The van der Waals surface area contributed by atoms with Crippen LogP contribution >= 0.6 is 13.5 Å². The molecule has 0 aromatic carbocycles. The van der Waals surface area contributed by atoms with E-state index in [2.05, 4.69) is 13.8 Å². The SMILES string of the molecule is CC1CCC(C)C1.S. The van der Waals surface area contributed by atoms with Gasteiger partial charge >= 0.3 is 0 Å². The Kier molecular flexibility index (Phi) is 3.54. The molecule has 2 atom stereocenters. The zero-order chi connectivity index (χ0) is 5.28. The van der Waals surface area contributed by atoms with Crippen LogP contribution in [0.25, 0.3) is 0 Å². The van der Waals surface area contributed by atoms with Gasteiger partial charge in [0.1, 0.15) is 0 Å². The third-order valence-corrected chi connectivity index (χ3v) is 1.96. The second kappa shape index (κ2) is 3.39. The van der Waals surface area contributed by atoms with Gasteiger partial charge in [-0.1, -0.05) is 26.7 Å². The Morgan fingerprint density at radius 1 is 1.00 bits per heavy atom. The fourth-order valence-corrected chi connectivity index (χ4v) is 1.49. The lowest BCUT2D eigenvalue weighted by molar-refractivity contribution is 0.555. The van der Waals surface area contributed by atoms with Gasteiger partial charge in [0.15, 0.2) is 0 Å². The molecule has 0 amide bonds. The van der Waals surface area contributed by atoms with E-state index in [-0.39, 0.29) is 13.5 Å². The summed E-state index contributed by atoms with van der Waals surface area (Å²) in [6, 6.07) is 0. The zero-order valence-corrected chi connectivity index (χ0v) is 6.78. The maximum atomic E-state index is 2.35. The van der Waals surface area contributed by atoms with E-state index in [0.29, 0.717) is 0 Å². The molecule has 2 unspecified atom stereocenters. The minimum Gasteiger partial charge on any atom is -0.197 e. The van der Waals surface area contributed by atoms with Gasteiger partial charge in [-0.05, 0) is 18.3 Å². The molecule has 0 heterocycles. The van der Waals surface area contributed by atoms with Crippen LogP contribution in [0.15, 0.2) is 0 Å². The van der Waals surface area contributed by atoms with Gasteiger partial charge in [0.25, 0.3) is 0 Å². The first-order chi connectivity index (χ1) is 3.29. The largest absolute Gasteiger partial charge is 0.197 e. The summed E-state index contributed by atoms with van der Waals surface area (Å²) in [5.41, 5.74) is 0. The maximum absolute atomic E-state index is 2.35. The molecule has 0 aromatic heterocycles. The predicted molar refractivity (Wildman–Crippen MR) is 42.6 cm³/mol. The summed E-state index contributed by atoms with van der Waals surface area (Å²) in [7, 11) is 0. The molecule has 0 nitrogen and oxygen atoms in total. The van der Waals surface area contributed by atoms with Crippen LogP contribution in [-0.2, 0) is 0 Å².